The molecule has 0 saturated carbocycles. The van der Waals surface area contributed by atoms with Gasteiger partial charge in [-0.25, -0.2) is 30.8 Å². The molecule has 1 saturated heterocycles. The van der Waals surface area contributed by atoms with E-state index in [0.29, 0.717) is 12.8 Å². The summed E-state index contributed by atoms with van der Waals surface area (Å²) in [5, 5.41) is 4.24. The van der Waals surface area contributed by atoms with E-state index in [0.717, 1.165) is 26.8 Å². The fourth-order valence-corrected chi connectivity index (χ4v) is 8.02. The van der Waals surface area contributed by atoms with E-state index in [1.54, 1.807) is 12.1 Å². The number of hydrogen-bond donors (Lipinski definition) is 2. The van der Waals surface area contributed by atoms with Crippen molar-refractivity contribution >= 4 is 36.5 Å². The molecule has 1 aliphatic rings. The van der Waals surface area contributed by atoms with E-state index < -0.39 is 20.0 Å². The van der Waals surface area contributed by atoms with Gasteiger partial charge in [0.05, 0.1) is 29.5 Å². The first kappa shape index (κ1) is 28.5. The fraction of sp³-hybridized carbons (Fsp3) is 0.423. The zero-order valence-electron chi connectivity index (χ0n) is 22.2. The van der Waals surface area contributed by atoms with Crippen LogP contribution in [-0.4, -0.2) is 58.6 Å². The lowest BCUT2D eigenvalue weighted by molar-refractivity contribution is 0.310. The number of methoxy groups -OCH3 is 1. The van der Waals surface area contributed by atoms with E-state index in [-0.39, 0.29) is 35.3 Å². The topological polar surface area (TPSA) is 118 Å². The normalized spacial score (nSPS) is 15.9. The van der Waals surface area contributed by atoms with E-state index in [9.17, 15) is 16.8 Å². The Balaban J connectivity index is 1.58. The number of piperidine rings is 1. The third-order valence-corrected chi connectivity index (χ3v) is 10.6. The summed E-state index contributed by atoms with van der Waals surface area (Å²) in [7, 11) is -5.79. The smallest absolute Gasteiger partial charge is 0.244 e. The van der Waals surface area contributed by atoms with E-state index in [2.05, 4.69) is 36.0 Å². The van der Waals surface area contributed by atoms with Crippen molar-refractivity contribution in [1.29, 1.82) is 0 Å². The minimum Gasteiger partial charge on any atom is -0.495 e. The highest BCUT2D eigenvalue weighted by atomic mass is 32.2. The summed E-state index contributed by atoms with van der Waals surface area (Å²) < 4.78 is 60.0. The highest BCUT2D eigenvalue weighted by Crippen LogP contribution is 2.38. The molecule has 0 bridgehead atoms. The number of nitrogens with one attached hydrogen (secondary N) is 2. The van der Waals surface area contributed by atoms with Gasteiger partial charge in [-0.05, 0) is 62.9 Å². The maximum Gasteiger partial charge on any atom is 0.244 e. The van der Waals surface area contributed by atoms with Crippen molar-refractivity contribution in [2.45, 2.75) is 50.1 Å². The molecule has 4 rings (SSSR count). The molecule has 2 aromatic carbocycles. The zero-order valence-corrected chi connectivity index (χ0v) is 24.6. The van der Waals surface area contributed by atoms with Gasteiger partial charge in [-0.15, -0.1) is 0 Å². The van der Waals surface area contributed by atoms with E-state index in [4.69, 9.17) is 9.72 Å². The first-order chi connectivity index (χ1) is 17.8. The number of aryl methyl sites for hydroxylation is 1. The van der Waals surface area contributed by atoms with Gasteiger partial charge in [0, 0.05) is 19.1 Å². The average molecular weight is 579 g/mol. The summed E-state index contributed by atoms with van der Waals surface area (Å²) in [5.74, 6) is 0.237. The van der Waals surface area contributed by atoms with Crippen LogP contribution in [0.1, 0.15) is 37.9 Å². The number of nitrogens with zero attached hydrogens (tertiary/aromatic N) is 2. The Kier molecular flexibility index (Phi) is 8.20. The molecule has 206 valence electrons. The highest BCUT2D eigenvalue weighted by Gasteiger charge is 2.30. The van der Waals surface area contributed by atoms with Crippen molar-refractivity contribution < 1.29 is 21.6 Å². The van der Waals surface area contributed by atoms with Crippen molar-refractivity contribution in [3.8, 4) is 16.2 Å². The first-order valence-electron chi connectivity index (χ1n) is 12.3. The molecule has 2 heterocycles. The molecule has 0 amide bonds. The van der Waals surface area contributed by atoms with E-state index in [1.807, 2.05) is 31.2 Å². The van der Waals surface area contributed by atoms with Crippen LogP contribution in [0.4, 0.5) is 5.13 Å². The molecule has 3 aromatic rings. The van der Waals surface area contributed by atoms with Gasteiger partial charge in [-0.1, -0.05) is 41.7 Å². The Morgan fingerprint density at radius 2 is 1.71 bits per heavy atom. The summed E-state index contributed by atoms with van der Waals surface area (Å²) in [6.45, 7) is 6.63. The molecule has 0 aliphatic carbocycles. The number of hydrogen-bond acceptors (Lipinski definition) is 8. The summed E-state index contributed by atoms with van der Waals surface area (Å²) >= 11 is 1.46. The predicted molar refractivity (Wildman–Crippen MR) is 152 cm³/mol. The van der Waals surface area contributed by atoms with Crippen LogP contribution < -0.4 is 14.8 Å². The Labute approximate surface area is 229 Å². The van der Waals surface area contributed by atoms with Crippen molar-refractivity contribution in [2.75, 3.05) is 31.8 Å². The van der Waals surface area contributed by atoms with Crippen LogP contribution in [0.25, 0.3) is 10.4 Å². The van der Waals surface area contributed by atoms with Crippen LogP contribution >= 0.6 is 11.3 Å². The summed E-state index contributed by atoms with van der Waals surface area (Å²) in [4.78, 5) is 5.61. The molecule has 1 fully saturated rings. The van der Waals surface area contributed by atoms with Crippen molar-refractivity contribution in [1.82, 2.24) is 14.0 Å². The molecule has 0 atom stereocenters. The van der Waals surface area contributed by atoms with Gasteiger partial charge in [0.1, 0.15) is 10.6 Å². The van der Waals surface area contributed by atoms with Crippen LogP contribution in [-0.2, 0) is 25.6 Å². The third kappa shape index (κ3) is 6.37. The monoisotopic (exact) mass is 578 g/mol. The Bertz CT molecular complexity index is 1490. The maximum absolute atomic E-state index is 13.4. The van der Waals surface area contributed by atoms with Crippen LogP contribution in [0.15, 0.2) is 53.4 Å². The van der Waals surface area contributed by atoms with Crippen molar-refractivity contribution in [3.05, 3.63) is 59.8 Å². The number of anilines is 1. The van der Waals surface area contributed by atoms with E-state index in [1.165, 1.54) is 29.0 Å². The molecule has 1 aromatic heterocycles. The number of rotatable bonds is 9. The molecule has 1 aliphatic heterocycles. The molecule has 38 heavy (non-hydrogen) atoms. The highest BCUT2D eigenvalue weighted by molar-refractivity contribution is 7.89. The third-order valence-electron chi connectivity index (χ3n) is 6.67. The molecular weight excluding hydrogens is 545 g/mol. The van der Waals surface area contributed by atoms with E-state index >= 15 is 0 Å². The van der Waals surface area contributed by atoms with Crippen LogP contribution in [0.2, 0.25) is 0 Å². The number of thiazole rings is 1. The molecule has 2 N–H and O–H groups in total. The summed E-state index contributed by atoms with van der Waals surface area (Å²) in [6.07, 6.45) is 1.96. The maximum atomic E-state index is 13.4. The average Bonchev–Trinajstić information content (AvgIpc) is 3.22. The minimum atomic E-state index is -3.93. The van der Waals surface area contributed by atoms with Gasteiger partial charge in [0.25, 0.3) is 0 Å². The Hall–Kier alpha value is -2.51. The Morgan fingerprint density at radius 3 is 2.32 bits per heavy atom. The minimum absolute atomic E-state index is 0.0370. The van der Waals surface area contributed by atoms with Gasteiger partial charge in [0.2, 0.25) is 20.0 Å². The lowest BCUT2D eigenvalue weighted by Gasteiger charge is -2.30. The molecule has 0 radical (unpaired) electrons. The van der Waals surface area contributed by atoms with Crippen LogP contribution in [0.5, 0.6) is 5.75 Å². The van der Waals surface area contributed by atoms with Crippen LogP contribution in [0, 0.1) is 6.92 Å². The Morgan fingerprint density at radius 1 is 1.05 bits per heavy atom. The lowest BCUT2D eigenvalue weighted by Crippen LogP contribution is -2.46. The molecule has 0 spiro atoms. The van der Waals surface area contributed by atoms with Gasteiger partial charge in [0.15, 0.2) is 5.13 Å². The molecule has 9 nitrogen and oxygen atoms in total. The second kappa shape index (κ2) is 10.9. The van der Waals surface area contributed by atoms with Gasteiger partial charge in [-0.3, -0.25) is 0 Å². The SMILES string of the molecule is COc1ccc(-c2sc(NC(C)(C)c3ccccc3)nc2C)cc1S(=O)(=O)NC1CCN(S(C)(=O)=O)CC1. The largest absolute Gasteiger partial charge is 0.495 e. The van der Waals surface area contributed by atoms with Crippen LogP contribution in [0.3, 0.4) is 0 Å². The van der Waals surface area contributed by atoms with Crippen molar-refractivity contribution in [3.63, 3.8) is 0 Å². The van der Waals surface area contributed by atoms with Gasteiger partial charge >= 0.3 is 0 Å². The quantitative estimate of drug-likeness (QED) is 0.391. The molecular formula is C26H34N4O5S3. The summed E-state index contributed by atoms with van der Waals surface area (Å²) in [5.41, 5.74) is 2.28. The fourth-order valence-electron chi connectivity index (χ4n) is 4.53. The standard InChI is InChI=1S/C26H34N4O5S3/c1-18-24(36-25(27-18)28-26(2,3)20-9-7-6-8-10-20)19-11-12-22(35-4)23(17-19)38(33,34)29-21-13-15-30(16-14-21)37(5,31)32/h6-12,17,21,29H,13-16H2,1-5H3,(H,27,28). The number of benzene rings is 2. The van der Waals surface area contributed by atoms with Crippen molar-refractivity contribution in [2.24, 2.45) is 0 Å². The lowest BCUT2D eigenvalue weighted by atomic mass is 9.95. The second-order valence-corrected chi connectivity index (χ2v) is 14.6. The predicted octanol–water partition coefficient (Wildman–Crippen LogP) is 4.18. The second-order valence-electron chi connectivity index (χ2n) is 9.97. The molecule has 12 heteroatoms. The summed E-state index contributed by atoms with van der Waals surface area (Å²) in [6, 6.07) is 14.8. The number of sulfonamides is 2. The molecule has 0 unspecified atom stereocenters. The van der Waals surface area contributed by atoms with Gasteiger partial charge < -0.3 is 10.1 Å². The number of ether oxygens (including phenoxy) is 1. The number of aromatic nitrogens is 1. The first-order valence-corrected chi connectivity index (χ1v) is 16.4. The van der Waals surface area contributed by atoms with Gasteiger partial charge in [-0.2, -0.15) is 0 Å². The zero-order chi connectivity index (χ0) is 27.7.